The van der Waals surface area contributed by atoms with Crippen molar-refractivity contribution >= 4 is 6.09 Å². The maximum atomic E-state index is 14.4. The van der Waals surface area contributed by atoms with Gasteiger partial charge in [0.1, 0.15) is 11.4 Å². The standard InChI is InChI=1S/C20H28FNO3/c1-13-8-9-17(21)16(10-13)20(24)11-14-6-5-7-15(12-20)22(14)18(23)25-19(2,3)4/h8-10,14-15,24H,5-7,11-12H2,1-4H3. The fourth-order valence-electron chi connectivity index (χ4n) is 4.26. The number of rotatable bonds is 1. The summed E-state index contributed by atoms with van der Waals surface area (Å²) in [6.07, 6.45) is 3.01. The van der Waals surface area contributed by atoms with E-state index in [0.29, 0.717) is 18.4 Å². The monoisotopic (exact) mass is 349 g/mol. The third kappa shape index (κ3) is 3.66. The first-order chi connectivity index (χ1) is 11.6. The number of nitrogens with zero attached hydrogens (tertiary/aromatic N) is 1. The van der Waals surface area contributed by atoms with Gasteiger partial charge in [-0.15, -0.1) is 0 Å². The zero-order valence-electron chi connectivity index (χ0n) is 15.5. The van der Waals surface area contributed by atoms with Crippen LogP contribution in [0, 0.1) is 12.7 Å². The Hall–Kier alpha value is -1.62. The number of aliphatic hydroxyl groups is 1. The van der Waals surface area contributed by atoms with Crippen molar-refractivity contribution < 1.29 is 19.0 Å². The van der Waals surface area contributed by atoms with Gasteiger partial charge in [-0.2, -0.15) is 0 Å². The van der Waals surface area contributed by atoms with Gasteiger partial charge in [0.15, 0.2) is 0 Å². The molecule has 2 unspecified atom stereocenters. The van der Waals surface area contributed by atoms with Gasteiger partial charge < -0.3 is 14.7 Å². The number of benzene rings is 1. The molecule has 4 nitrogen and oxygen atoms in total. The molecule has 1 N–H and O–H groups in total. The van der Waals surface area contributed by atoms with Gasteiger partial charge in [0, 0.05) is 30.5 Å². The number of ether oxygens (including phenoxy) is 1. The molecule has 0 aromatic heterocycles. The second-order valence-electron chi connectivity index (χ2n) is 8.55. The van der Waals surface area contributed by atoms with Gasteiger partial charge in [-0.05, 0) is 53.0 Å². The van der Waals surface area contributed by atoms with E-state index in [-0.39, 0.29) is 24.0 Å². The van der Waals surface area contributed by atoms with Gasteiger partial charge >= 0.3 is 6.09 Å². The molecule has 1 aromatic carbocycles. The molecule has 25 heavy (non-hydrogen) atoms. The lowest BCUT2D eigenvalue weighted by molar-refractivity contribution is -0.0978. The van der Waals surface area contributed by atoms with E-state index < -0.39 is 11.2 Å². The molecular weight excluding hydrogens is 321 g/mol. The third-order valence-electron chi connectivity index (χ3n) is 5.24. The van der Waals surface area contributed by atoms with E-state index in [1.54, 1.807) is 17.0 Å². The Kier molecular flexibility index (Phi) is 4.56. The van der Waals surface area contributed by atoms with Crippen LogP contribution in [-0.2, 0) is 10.3 Å². The summed E-state index contributed by atoms with van der Waals surface area (Å²) in [6.45, 7) is 7.44. The van der Waals surface area contributed by atoms with Crippen molar-refractivity contribution in [2.45, 2.75) is 83.1 Å². The van der Waals surface area contributed by atoms with Crippen LogP contribution in [0.3, 0.4) is 0 Å². The maximum absolute atomic E-state index is 14.4. The summed E-state index contributed by atoms with van der Waals surface area (Å²) in [4.78, 5) is 14.4. The molecule has 1 amide bonds. The summed E-state index contributed by atoms with van der Waals surface area (Å²) in [5.41, 5.74) is -0.510. The molecule has 5 heteroatoms. The molecule has 1 aromatic rings. The maximum Gasteiger partial charge on any atom is 0.410 e. The number of piperidine rings is 2. The van der Waals surface area contributed by atoms with E-state index in [2.05, 4.69) is 0 Å². The molecule has 2 aliphatic rings. The van der Waals surface area contributed by atoms with Crippen LogP contribution in [0.25, 0.3) is 0 Å². The molecule has 138 valence electrons. The van der Waals surface area contributed by atoms with Crippen LogP contribution in [0.1, 0.15) is 64.0 Å². The van der Waals surface area contributed by atoms with Gasteiger partial charge in [-0.3, -0.25) is 0 Å². The molecule has 0 aliphatic carbocycles. The highest BCUT2D eigenvalue weighted by atomic mass is 19.1. The molecule has 2 aliphatic heterocycles. The van der Waals surface area contributed by atoms with Crippen molar-refractivity contribution in [2.24, 2.45) is 0 Å². The largest absolute Gasteiger partial charge is 0.444 e. The van der Waals surface area contributed by atoms with Crippen LogP contribution in [0.4, 0.5) is 9.18 Å². The van der Waals surface area contributed by atoms with Crippen molar-refractivity contribution in [3.63, 3.8) is 0 Å². The van der Waals surface area contributed by atoms with Crippen molar-refractivity contribution in [1.29, 1.82) is 0 Å². The quantitative estimate of drug-likeness (QED) is 0.823. The number of hydrogen-bond acceptors (Lipinski definition) is 3. The minimum atomic E-state index is -1.23. The van der Waals surface area contributed by atoms with Crippen LogP contribution in [0.2, 0.25) is 0 Å². The van der Waals surface area contributed by atoms with Crippen LogP contribution in [-0.4, -0.2) is 33.8 Å². The number of carbonyl (C=O) groups excluding carboxylic acids is 1. The molecule has 2 heterocycles. The Bertz CT molecular complexity index is 653. The summed E-state index contributed by atoms with van der Waals surface area (Å²) in [5, 5.41) is 11.3. The minimum Gasteiger partial charge on any atom is -0.444 e. The lowest BCUT2D eigenvalue weighted by Crippen LogP contribution is -2.59. The Balaban J connectivity index is 1.88. The third-order valence-corrected chi connectivity index (χ3v) is 5.24. The first-order valence-corrected chi connectivity index (χ1v) is 9.09. The zero-order valence-corrected chi connectivity index (χ0v) is 15.5. The van der Waals surface area contributed by atoms with Crippen LogP contribution >= 0.6 is 0 Å². The smallest absolute Gasteiger partial charge is 0.410 e. The first-order valence-electron chi connectivity index (χ1n) is 9.09. The number of fused-ring (bicyclic) bond motifs is 2. The average molecular weight is 349 g/mol. The van der Waals surface area contributed by atoms with E-state index in [9.17, 15) is 14.3 Å². The molecule has 3 rings (SSSR count). The van der Waals surface area contributed by atoms with Crippen LogP contribution < -0.4 is 0 Å². The fourth-order valence-corrected chi connectivity index (χ4v) is 4.26. The predicted octanol–water partition coefficient (Wildman–Crippen LogP) is 4.27. The van der Waals surface area contributed by atoms with Gasteiger partial charge in [-0.1, -0.05) is 17.7 Å². The zero-order chi connectivity index (χ0) is 18.4. The van der Waals surface area contributed by atoms with E-state index >= 15 is 0 Å². The number of carbonyl (C=O) groups is 1. The molecule has 0 spiro atoms. The molecule has 2 saturated heterocycles. The summed E-state index contributed by atoms with van der Waals surface area (Å²) in [5.74, 6) is -0.378. The van der Waals surface area contributed by atoms with Gasteiger partial charge in [0.2, 0.25) is 0 Å². The minimum absolute atomic E-state index is 0.118. The van der Waals surface area contributed by atoms with Gasteiger partial charge in [0.05, 0.1) is 5.60 Å². The summed E-state index contributed by atoms with van der Waals surface area (Å²) in [6, 6.07) is 4.62. The van der Waals surface area contributed by atoms with E-state index in [4.69, 9.17) is 4.74 Å². The highest BCUT2D eigenvalue weighted by Gasteiger charge is 2.49. The van der Waals surface area contributed by atoms with Crippen molar-refractivity contribution in [2.75, 3.05) is 0 Å². The van der Waals surface area contributed by atoms with E-state index in [1.807, 2.05) is 27.7 Å². The van der Waals surface area contributed by atoms with Crippen molar-refractivity contribution in [1.82, 2.24) is 4.90 Å². The predicted molar refractivity (Wildman–Crippen MR) is 93.8 cm³/mol. The normalized spacial score (nSPS) is 29.4. The number of hydrogen-bond donors (Lipinski definition) is 1. The Morgan fingerprint density at radius 2 is 1.88 bits per heavy atom. The number of halogens is 1. The van der Waals surface area contributed by atoms with Crippen LogP contribution in [0.5, 0.6) is 0 Å². The summed E-state index contributed by atoms with van der Waals surface area (Å²) in [7, 11) is 0. The lowest BCUT2D eigenvalue weighted by Gasteiger charge is -2.51. The highest BCUT2D eigenvalue weighted by molar-refractivity contribution is 5.69. The molecular formula is C20H28FNO3. The lowest BCUT2D eigenvalue weighted by atomic mass is 9.72. The second-order valence-corrected chi connectivity index (χ2v) is 8.55. The van der Waals surface area contributed by atoms with Gasteiger partial charge in [-0.25, -0.2) is 9.18 Å². The SMILES string of the molecule is Cc1ccc(F)c(C2(O)CC3CCCC(C2)N3C(=O)OC(C)(C)C)c1. The van der Waals surface area contributed by atoms with Crippen molar-refractivity contribution in [3.8, 4) is 0 Å². The molecule has 0 radical (unpaired) electrons. The number of aryl methyl sites for hydroxylation is 1. The topological polar surface area (TPSA) is 49.8 Å². The Labute approximate surface area is 149 Å². The average Bonchev–Trinajstić information content (AvgIpc) is 2.47. The Morgan fingerprint density at radius 3 is 2.44 bits per heavy atom. The van der Waals surface area contributed by atoms with E-state index in [0.717, 1.165) is 24.8 Å². The van der Waals surface area contributed by atoms with Gasteiger partial charge in [0.25, 0.3) is 0 Å². The number of amides is 1. The van der Waals surface area contributed by atoms with Crippen LogP contribution in [0.15, 0.2) is 18.2 Å². The fraction of sp³-hybridized carbons (Fsp3) is 0.650. The van der Waals surface area contributed by atoms with Crippen molar-refractivity contribution in [3.05, 3.63) is 35.1 Å². The molecule has 2 atom stereocenters. The molecule has 0 saturated carbocycles. The highest BCUT2D eigenvalue weighted by Crippen LogP contribution is 2.45. The molecule has 2 fully saturated rings. The molecule has 2 bridgehead atoms. The van der Waals surface area contributed by atoms with E-state index in [1.165, 1.54) is 6.07 Å². The second kappa shape index (κ2) is 6.27. The summed E-state index contributed by atoms with van der Waals surface area (Å²) >= 11 is 0. The first kappa shape index (κ1) is 18.2. The summed E-state index contributed by atoms with van der Waals surface area (Å²) < 4.78 is 19.9. The Morgan fingerprint density at radius 1 is 1.28 bits per heavy atom.